The van der Waals surface area contributed by atoms with Gasteiger partial charge in [-0.15, -0.1) is 11.3 Å². The lowest BCUT2D eigenvalue weighted by Gasteiger charge is -2.11. The number of carbonyl (C=O) groups is 1. The number of fused-ring (bicyclic) bond motifs is 1. The third kappa shape index (κ3) is 5.11. The van der Waals surface area contributed by atoms with E-state index in [2.05, 4.69) is 31.8 Å². The van der Waals surface area contributed by atoms with Crippen LogP contribution in [-0.2, 0) is 4.79 Å². The van der Waals surface area contributed by atoms with Crippen LogP contribution in [0.4, 0.5) is 15.9 Å². The number of hydrogen-bond donors (Lipinski definition) is 3. The highest BCUT2D eigenvalue weighted by molar-refractivity contribution is 7.23. The van der Waals surface area contributed by atoms with E-state index in [0.29, 0.717) is 28.3 Å². The van der Waals surface area contributed by atoms with Crippen LogP contribution in [0.5, 0.6) is 11.8 Å². The van der Waals surface area contributed by atoms with Crippen LogP contribution in [0, 0.1) is 12.7 Å². The zero-order valence-electron chi connectivity index (χ0n) is 22.7. The molecule has 4 heterocycles. The molecule has 0 saturated heterocycles. The average Bonchev–Trinajstić information content (AvgIpc) is 3.64. The summed E-state index contributed by atoms with van der Waals surface area (Å²) in [5.74, 6) is -0.500. The van der Waals surface area contributed by atoms with E-state index in [-0.39, 0.29) is 17.7 Å². The number of amides is 1. The number of carbonyl (C=O) groups excluding carboxylic acids is 1. The highest BCUT2D eigenvalue weighted by atomic mass is 32.1. The Morgan fingerprint density at radius 1 is 1.10 bits per heavy atom. The molecule has 208 valence electrons. The largest absolute Gasteiger partial charge is 0.421 e. The molecular formula is C32H25FN6O2S. The molecule has 2 aromatic carbocycles. The number of H-pyrrole nitrogens is 1. The van der Waals surface area contributed by atoms with Gasteiger partial charge < -0.3 is 20.8 Å². The highest BCUT2D eigenvalue weighted by Gasteiger charge is 2.23. The highest BCUT2D eigenvalue weighted by Crippen LogP contribution is 2.49. The predicted molar refractivity (Wildman–Crippen MR) is 165 cm³/mol. The summed E-state index contributed by atoms with van der Waals surface area (Å²) in [6, 6.07) is 17.9. The fourth-order valence-electron chi connectivity index (χ4n) is 4.55. The number of nitrogens with zero attached hydrogens (tertiary/aromatic N) is 3. The third-order valence-corrected chi connectivity index (χ3v) is 7.89. The van der Waals surface area contributed by atoms with Crippen LogP contribution in [-0.4, -0.2) is 25.8 Å². The Bertz CT molecular complexity index is 1970. The van der Waals surface area contributed by atoms with Crippen LogP contribution < -0.4 is 15.8 Å². The van der Waals surface area contributed by atoms with Gasteiger partial charge in [0.15, 0.2) is 11.6 Å². The third-order valence-electron chi connectivity index (χ3n) is 6.62. The van der Waals surface area contributed by atoms with E-state index in [4.69, 9.17) is 10.5 Å². The molecular weight excluding hydrogens is 551 g/mol. The molecule has 0 aliphatic heterocycles. The molecule has 42 heavy (non-hydrogen) atoms. The Labute approximate surface area is 244 Å². The Hall–Kier alpha value is -5.35. The topological polar surface area (TPSA) is 119 Å². The molecule has 0 unspecified atom stereocenters. The second kappa shape index (κ2) is 10.9. The first-order valence-electron chi connectivity index (χ1n) is 13.0. The average molecular weight is 577 g/mol. The van der Waals surface area contributed by atoms with E-state index in [9.17, 15) is 4.79 Å². The first kappa shape index (κ1) is 26.9. The normalized spacial score (nSPS) is 11.0. The number of aryl methyl sites for hydroxylation is 1. The first-order valence-corrected chi connectivity index (χ1v) is 13.8. The Kier molecular flexibility index (Phi) is 6.97. The van der Waals surface area contributed by atoms with Gasteiger partial charge in [0.1, 0.15) is 5.82 Å². The Morgan fingerprint density at radius 3 is 2.57 bits per heavy atom. The minimum absolute atomic E-state index is 0.00112. The number of nitrogens with two attached hydrogens (primary N) is 1. The van der Waals surface area contributed by atoms with Crippen molar-refractivity contribution in [1.82, 2.24) is 19.9 Å². The summed E-state index contributed by atoms with van der Waals surface area (Å²) < 4.78 is 22.1. The van der Waals surface area contributed by atoms with Gasteiger partial charge >= 0.3 is 6.01 Å². The maximum atomic E-state index is 15.5. The second-order valence-corrected chi connectivity index (χ2v) is 10.7. The van der Waals surface area contributed by atoms with E-state index in [0.717, 1.165) is 37.3 Å². The molecule has 6 aromatic rings. The lowest BCUT2D eigenvalue weighted by Crippen LogP contribution is -2.11. The number of anilines is 2. The molecule has 6 rings (SSSR count). The summed E-state index contributed by atoms with van der Waals surface area (Å²) in [5.41, 5.74) is 12.2. The summed E-state index contributed by atoms with van der Waals surface area (Å²) in [7, 11) is 0. The van der Waals surface area contributed by atoms with E-state index in [1.54, 1.807) is 44.4 Å². The van der Waals surface area contributed by atoms with E-state index in [1.165, 1.54) is 17.4 Å². The fourth-order valence-corrected chi connectivity index (χ4v) is 5.91. The number of aromatic nitrogens is 4. The van der Waals surface area contributed by atoms with Gasteiger partial charge in [0.2, 0.25) is 0 Å². The van der Waals surface area contributed by atoms with Crippen molar-refractivity contribution in [1.29, 1.82) is 0 Å². The van der Waals surface area contributed by atoms with Gasteiger partial charge in [-0.3, -0.25) is 4.79 Å². The molecule has 0 fully saturated rings. The Balaban J connectivity index is 1.50. The second-order valence-electron chi connectivity index (χ2n) is 9.69. The number of aromatic amines is 1. The molecule has 8 nitrogen and oxygen atoms in total. The molecule has 1 amide bonds. The standard InChI is InChI=1S/C32H25FN6O2S/c1-17(2)31(40)39-21-9-6-19(7-10-21)28-26(27-29(42-28)22(16-37-30(27)34)24-5-4-13-35-24)20-8-11-25(23(33)15-20)41-32-36-14-12-18(3)38-32/h4-16,35H,1H2,2-3H3,(H2,34,37)(H,39,40). The van der Waals surface area contributed by atoms with Crippen molar-refractivity contribution < 1.29 is 13.9 Å². The number of hydrogen-bond acceptors (Lipinski definition) is 7. The molecule has 10 heteroatoms. The Morgan fingerprint density at radius 2 is 1.88 bits per heavy atom. The summed E-state index contributed by atoms with van der Waals surface area (Å²) in [6.07, 6.45) is 5.14. The number of rotatable bonds is 7. The molecule has 0 aliphatic carbocycles. The number of nitrogen functional groups attached to an aromatic ring is 1. The molecule has 0 radical (unpaired) electrons. The smallest absolute Gasteiger partial charge is 0.322 e. The van der Waals surface area contributed by atoms with Crippen LogP contribution >= 0.6 is 11.3 Å². The van der Waals surface area contributed by atoms with Crippen LogP contribution in [0.2, 0.25) is 0 Å². The van der Waals surface area contributed by atoms with Crippen LogP contribution in [0.15, 0.2) is 91.4 Å². The van der Waals surface area contributed by atoms with Gasteiger partial charge in [-0.1, -0.05) is 24.8 Å². The maximum absolute atomic E-state index is 15.5. The quantitative estimate of drug-likeness (QED) is 0.167. The van der Waals surface area contributed by atoms with Crippen LogP contribution in [0.1, 0.15) is 12.6 Å². The van der Waals surface area contributed by atoms with Gasteiger partial charge in [-0.2, -0.15) is 0 Å². The summed E-state index contributed by atoms with van der Waals surface area (Å²) in [6.45, 7) is 7.14. The van der Waals surface area contributed by atoms with Gasteiger partial charge in [0.25, 0.3) is 5.91 Å². The summed E-state index contributed by atoms with van der Waals surface area (Å²) in [5, 5.41) is 3.54. The van der Waals surface area contributed by atoms with E-state index >= 15 is 4.39 Å². The van der Waals surface area contributed by atoms with Crippen molar-refractivity contribution in [2.45, 2.75) is 13.8 Å². The van der Waals surface area contributed by atoms with Gasteiger partial charge in [-0.05, 0) is 67.4 Å². The molecule has 0 aliphatic rings. The number of nitrogens with one attached hydrogen (secondary N) is 2. The van der Waals surface area contributed by atoms with Crippen molar-refractivity contribution in [3.8, 4) is 44.6 Å². The minimum atomic E-state index is -0.576. The van der Waals surface area contributed by atoms with Crippen molar-refractivity contribution in [3.05, 3.63) is 103 Å². The van der Waals surface area contributed by atoms with Crippen LogP contribution in [0.25, 0.3) is 42.9 Å². The van der Waals surface area contributed by atoms with Crippen molar-refractivity contribution >= 4 is 38.8 Å². The SMILES string of the molecule is C=C(C)C(=O)Nc1ccc(-c2sc3c(-c4ccc[nH]4)cnc(N)c3c2-c2ccc(Oc3nccc(C)n3)c(F)c2)cc1. The number of thiophene rings is 1. The number of benzene rings is 2. The number of ether oxygens (including phenoxy) is 1. The minimum Gasteiger partial charge on any atom is -0.421 e. The van der Waals surface area contributed by atoms with Crippen molar-refractivity contribution in [2.75, 3.05) is 11.1 Å². The number of pyridine rings is 1. The predicted octanol–water partition coefficient (Wildman–Crippen LogP) is 7.75. The maximum Gasteiger partial charge on any atom is 0.322 e. The van der Waals surface area contributed by atoms with Crippen molar-refractivity contribution in [3.63, 3.8) is 0 Å². The first-order chi connectivity index (χ1) is 20.3. The molecule has 4 aromatic heterocycles. The lowest BCUT2D eigenvalue weighted by molar-refractivity contribution is -0.112. The van der Waals surface area contributed by atoms with E-state index < -0.39 is 5.82 Å². The summed E-state index contributed by atoms with van der Waals surface area (Å²) >= 11 is 1.53. The van der Waals surface area contributed by atoms with E-state index in [1.807, 2.05) is 42.6 Å². The zero-order valence-corrected chi connectivity index (χ0v) is 23.6. The van der Waals surface area contributed by atoms with Gasteiger partial charge in [0, 0.05) is 62.6 Å². The molecule has 0 spiro atoms. The zero-order chi connectivity index (χ0) is 29.4. The lowest BCUT2D eigenvalue weighted by atomic mass is 9.97. The fraction of sp³-hybridized carbons (Fsp3) is 0.0625. The molecule has 4 N–H and O–H groups in total. The molecule has 0 saturated carbocycles. The van der Waals surface area contributed by atoms with Crippen molar-refractivity contribution in [2.24, 2.45) is 0 Å². The molecule has 0 atom stereocenters. The number of halogens is 1. The van der Waals surface area contributed by atoms with Gasteiger partial charge in [-0.25, -0.2) is 19.3 Å². The summed E-state index contributed by atoms with van der Waals surface area (Å²) in [4.78, 5) is 29.0. The van der Waals surface area contributed by atoms with Crippen LogP contribution in [0.3, 0.4) is 0 Å². The van der Waals surface area contributed by atoms with Gasteiger partial charge in [0.05, 0.1) is 4.70 Å². The molecule has 0 bridgehead atoms. The monoisotopic (exact) mass is 576 g/mol.